The molecule has 0 radical (unpaired) electrons. The Morgan fingerprint density at radius 2 is 1.51 bits per heavy atom. The minimum absolute atomic E-state index is 0.0351. The lowest BCUT2D eigenvalue weighted by Gasteiger charge is -2.38. The largest absolute Gasteiger partial charge is 0.456 e. The summed E-state index contributed by atoms with van der Waals surface area (Å²) < 4.78 is 9.23. The van der Waals surface area contributed by atoms with Crippen LogP contribution in [0.2, 0.25) is 19.6 Å². The predicted molar refractivity (Wildman–Crippen MR) is 246 cm³/mol. The van der Waals surface area contributed by atoms with Crippen molar-refractivity contribution >= 4 is 53.8 Å². The Balaban J connectivity index is 1.38. The fourth-order valence-electron chi connectivity index (χ4n) is 8.69. The third kappa shape index (κ3) is 7.26. The number of fused-ring (bicyclic) bond motifs is 9. The van der Waals surface area contributed by atoms with Gasteiger partial charge in [0.05, 0.1) is 25.9 Å². The van der Waals surface area contributed by atoms with Crippen LogP contribution >= 0.6 is 0 Å². The maximum atomic E-state index is 6.98. The van der Waals surface area contributed by atoms with E-state index in [2.05, 4.69) is 188 Å². The molecule has 3 atom stereocenters. The Bertz CT molecular complexity index is 2570. The topological polar surface area (TPSA) is 22.6 Å². The van der Waals surface area contributed by atoms with Crippen molar-refractivity contribution in [3.63, 3.8) is 0 Å². The van der Waals surface area contributed by atoms with E-state index in [4.69, 9.17) is 24.3 Å². The van der Waals surface area contributed by atoms with Gasteiger partial charge in [-0.3, -0.25) is 0 Å². The highest BCUT2D eigenvalue weighted by Gasteiger charge is 2.45. The summed E-state index contributed by atoms with van der Waals surface area (Å²) >= 11 is 0. The maximum absolute atomic E-state index is 6.98. The van der Waals surface area contributed by atoms with Crippen molar-refractivity contribution in [1.82, 2.24) is 0 Å². The van der Waals surface area contributed by atoms with Gasteiger partial charge in [-0.15, -0.1) is 0 Å². The molecule has 1 aromatic heterocycles. The van der Waals surface area contributed by atoms with E-state index in [-0.39, 0.29) is 18.1 Å². The summed E-state index contributed by atoms with van der Waals surface area (Å²) in [6.45, 7) is 28.5. The predicted octanol–water partition coefficient (Wildman–Crippen LogP) is 14.0. The Hall–Kier alpha value is -5.65. The zero-order valence-electron chi connectivity index (χ0n) is 34.5. The highest BCUT2D eigenvalue weighted by Crippen LogP contribution is 2.55. The monoisotopic (exact) mass is 766 g/mol. The Kier molecular flexibility index (Phi) is 10.3. The van der Waals surface area contributed by atoms with E-state index >= 15 is 0 Å². The summed E-state index contributed by atoms with van der Waals surface area (Å²) in [6.07, 6.45) is 9.10. The number of nitrogens with zero attached hydrogens (tertiary/aromatic N) is 3. The molecule has 8 rings (SSSR count). The normalized spacial score (nSPS) is 19.0. The molecule has 0 saturated heterocycles. The van der Waals surface area contributed by atoms with Gasteiger partial charge in [0.2, 0.25) is 0 Å². The van der Waals surface area contributed by atoms with Gasteiger partial charge < -0.3 is 14.2 Å². The van der Waals surface area contributed by atoms with Crippen molar-refractivity contribution in [3.8, 4) is 11.1 Å². The van der Waals surface area contributed by atoms with E-state index in [0.29, 0.717) is 12.3 Å². The third-order valence-electron chi connectivity index (χ3n) is 12.2. The standard InChI is InChI=1S/C52H56N3OSi/c1-35(2)26-27-36(3)43-30-28-40-29-31-45-44-22-13-16-25-49(44)56-51(45)50(40)52-54(37(4)32-48(43)53(6)34-38(5)57(7,8)9)46-23-14-15-24-47(46)55(52)42-21-17-20-41(33-42)39-18-11-10-12-19-39/h10-27,29,31,33-35,43,48,52H,3-4,6,28,30,32H2,1-2,5,7-9H3/q+1/b27-26-,38-34+. The molecule has 3 heterocycles. The van der Waals surface area contributed by atoms with Crippen molar-refractivity contribution in [3.05, 3.63) is 174 Å². The molecule has 288 valence electrons. The van der Waals surface area contributed by atoms with Gasteiger partial charge >= 0.3 is 0 Å². The Morgan fingerprint density at radius 3 is 2.25 bits per heavy atom. The molecule has 0 fully saturated rings. The molecule has 0 bridgehead atoms. The molecule has 0 N–H and O–H groups in total. The van der Waals surface area contributed by atoms with Crippen LogP contribution in [0.3, 0.4) is 0 Å². The first-order valence-electron chi connectivity index (χ1n) is 20.5. The first-order chi connectivity index (χ1) is 27.4. The van der Waals surface area contributed by atoms with Crippen molar-refractivity contribution in [2.24, 2.45) is 11.8 Å². The number of hydrogen-bond donors (Lipinski definition) is 0. The molecular weight excluding hydrogens is 711 g/mol. The fourth-order valence-corrected chi connectivity index (χ4v) is 9.25. The van der Waals surface area contributed by atoms with Crippen molar-refractivity contribution < 1.29 is 8.99 Å². The first-order valence-corrected chi connectivity index (χ1v) is 24.0. The summed E-state index contributed by atoms with van der Waals surface area (Å²) in [5.41, 5.74) is 12.2. The summed E-state index contributed by atoms with van der Waals surface area (Å²) in [6, 6.07) is 41.6. The molecular formula is C52H56N3OSi+. The number of furan rings is 1. The van der Waals surface area contributed by atoms with Gasteiger partial charge in [0, 0.05) is 33.6 Å². The first kappa shape index (κ1) is 38.2. The zero-order valence-corrected chi connectivity index (χ0v) is 35.5. The van der Waals surface area contributed by atoms with E-state index in [1.54, 1.807) is 0 Å². The van der Waals surface area contributed by atoms with Crippen LogP contribution < -0.4 is 9.80 Å². The SMILES string of the molecule is C=C(/C=C\C(C)C)C1CCc2ccc3c(oc4ccccc43)c2C2N(C(=C)CC1[N+](=C)/C=C(\C)[Si](C)(C)C)c1ccccc1N2c1cccc(-c2ccccc2)c1. The number of benzene rings is 5. The number of para-hydroxylation sites is 3. The molecule has 0 saturated carbocycles. The minimum Gasteiger partial charge on any atom is -0.456 e. The van der Waals surface area contributed by atoms with Crippen LogP contribution in [0.25, 0.3) is 33.1 Å². The number of rotatable bonds is 8. The molecule has 0 spiro atoms. The van der Waals surface area contributed by atoms with Crippen LogP contribution in [0, 0.1) is 11.8 Å². The van der Waals surface area contributed by atoms with Crippen molar-refractivity contribution in [2.75, 3.05) is 9.80 Å². The highest BCUT2D eigenvalue weighted by atomic mass is 28.3. The zero-order chi connectivity index (χ0) is 40.0. The third-order valence-corrected chi connectivity index (χ3v) is 14.7. The second-order valence-electron chi connectivity index (χ2n) is 17.4. The Morgan fingerprint density at radius 1 is 0.825 bits per heavy atom. The lowest BCUT2D eigenvalue weighted by Crippen LogP contribution is -2.39. The van der Waals surface area contributed by atoms with Gasteiger partial charge in [-0.25, -0.2) is 4.58 Å². The van der Waals surface area contributed by atoms with E-state index in [1.165, 1.54) is 27.5 Å². The molecule has 5 aromatic carbocycles. The van der Waals surface area contributed by atoms with Gasteiger partial charge in [-0.2, -0.15) is 0 Å². The maximum Gasteiger partial charge on any atom is 0.169 e. The smallest absolute Gasteiger partial charge is 0.169 e. The number of aryl methyl sites for hydroxylation is 1. The highest BCUT2D eigenvalue weighted by molar-refractivity contribution is 6.82. The molecule has 2 aliphatic heterocycles. The summed E-state index contributed by atoms with van der Waals surface area (Å²) in [5, 5.41) is 3.69. The lowest BCUT2D eigenvalue weighted by molar-refractivity contribution is -0.500. The average Bonchev–Trinajstić information content (AvgIpc) is 3.75. The average molecular weight is 767 g/mol. The number of hydrogen-bond acceptors (Lipinski definition) is 3. The van der Waals surface area contributed by atoms with Crippen molar-refractivity contribution in [1.29, 1.82) is 0 Å². The van der Waals surface area contributed by atoms with E-state index in [0.717, 1.165) is 63.1 Å². The molecule has 6 aromatic rings. The van der Waals surface area contributed by atoms with E-state index in [1.807, 2.05) is 0 Å². The van der Waals surface area contributed by atoms with Gasteiger partial charge in [-0.1, -0.05) is 144 Å². The van der Waals surface area contributed by atoms with Gasteiger partial charge in [0.15, 0.2) is 12.2 Å². The van der Waals surface area contributed by atoms with Crippen LogP contribution in [0.5, 0.6) is 0 Å². The van der Waals surface area contributed by atoms with Crippen LogP contribution in [0.1, 0.15) is 50.9 Å². The van der Waals surface area contributed by atoms with Crippen molar-refractivity contribution in [2.45, 2.75) is 71.9 Å². The second-order valence-corrected chi connectivity index (χ2v) is 22.7. The van der Waals surface area contributed by atoms with Crippen LogP contribution in [0.15, 0.2) is 168 Å². The Labute approximate surface area is 340 Å². The molecule has 57 heavy (non-hydrogen) atoms. The molecule has 4 nitrogen and oxygen atoms in total. The summed E-state index contributed by atoms with van der Waals surface area (Å²) in [4.78, 5) is 5.02. The molecule has 5 heteroatoms. The molecule has 3 unspecified atom stereocenters. The van der Waals surface area contributed by atoms with E-state index < -0.39 is 8.07 Å². The van der Waals surface area contributed by atoms with Gasteiger partial charge in [0.1, 0.15) is 24.0 Å². The lowest BCUT2D eigenvalue weighted by atomic mass is 9.81. The van der Waals surface area contributed by atoms with Gasteiger partial charge in [-0.05, 0) is 83.5 Å². The van der Waals surface area contributed by atoms with Crippen LogP contribution in [-0.4, -0.2) is 25.4 Å². The molecule has 0 aliphatic carbocycles. The van der Waals surface area contributed by atoms with Crippen LogP contribution in [-0.2, 0) is 6.42 Å². The van der Waals surface area contributed by atoms with Gasteiger partial charge in [0.25, 0.3) is 0 Å². The minimum atomic E-state index is -1.56. The summed E-state index contributed by atoms with van der Waals surface area (Å²) in [7, 11) is -1.56. The number of anilines is 3. The van der Waals surface area contributed by atoms with E-state index in [9.17, 15) is 0 Å². The number of allylic oxidation sites excluding steroid dienone is 3. The van der Waals surface area contributed by atoms with Crippen LogP contribution in [0.4, 0.5) is 17.1 Å². The quantitative estimate of drug-likeness (QED) is 0.0667. The second kappa shape index (κ2) is 15.4. The molecule has 0 amide bonds. The molecule has 2 aliphatic rings. The fraction of sp³-hybridized carbons (Fsp3) is 0.250. The summed E-state index contributed by atoms with van der Waals surface area (Å²) in [5.74, 6) is 0.558.